The fraction of sp³-hybridized carbons (Fsp3) is 0.125. The molecule has 1 saturated heterocycles. The molecule has 1 spiro atoms. The van der Waals surface area contributed by atoms with Crippen LogP contribution in [0.25, 0.3) is 11.1 Å². The normalized spacial score (nSPS) is 21.9. The van der Waals surface area contributed by atoms with Crippen molar-refractivity contribution < 1.29 is 4.42 Å². The molecule has 3 atom stereocenters. The fourth-order valence-corrected chi connectivity index (χ4v) is 6.61. The van der Waals surface area contributed by atoms with Gasteiger partial charge in [-0.2, -0.15) is 0 Å². The lowest BCUT2D eigenvalue weighted by molar-refractivity contribution is 0.359. The van der Waals surface area contributed by atoms with E-state index in [0.717, 1.165) is 5.76 Å². The summed E-state index contributed by atoms with van der Waals surface area (Å²) in [5.74, 6) is 1.10. The van der Waals surface area contributed by atoms with Crippen LogP contribution in [0.1, 0.15) is 46.0 Å². The third kappa shape index (κ3) is 2.60. The van der Waals surface area contributed by atoms with Crippen LogP contribution in [0.15, 0.2) is 132 Å². The molecule has 1 N–H and O–H groups in total. The summed E-state index contributed by atoms with van der Waals surface area (Å²) in [5.41, 5.74) is 7.66. The topological polar surface area (TPSA) is 25.2 Å². The summed E-state index contributed by atoms with van der Waals surface area (Å²) in [6.07, 6.45) is 1.81. The second-order valence-corrected chi connectivity index (χ2v) is 9.35. The van der Waals surface area contributed by atoms with E-state index in [1.807, 2.05) is 12.3 Å². The van der Waals surface area contributed by atoms with Crippen molar-refractivity contribution in [2.24, 2.45) is 0 Å². The molecule has 164 valence electrons. The first-order chi connectivity index (χ1) is 16.9. The molecule has 7 rings (SSSR count). The van der Waals surface area contributed by atoms with Crippen LogP contribution in [0.2, 0.25) is 0 Å². The Labute approximate surface area is 199 Å². The first-order valence-corrected chi connectivity index (χ1v) is 12.0. The van der Waals surface area contributed by atoms with Gasteiger partial charge in [-0.1, -0.05) is 109 Å². The quantitative estimate of drug-likeness (QED) is 0.316. The molecule has 2 heteroatoms. The van der Waals surface area contributed by atoms with Crippen LogP contribution < -0.4 is 5.32 Å². The number of furan rings is 1. The predicted octanol–water partition coefficient (Wildman–Crippen LogP) is 7.42. The number of hydrogen-bond acceptors (Lipinski definition) is 2. The minimum Gasteiger partial charge on any atom is -0.469 e. The molecule has 1 aromatic heterocycles. The third-order valence-corrected chi connectivity index (χ3v) is 7.80. The summed E-state index contributed by atoms with van der Waals surface area (Å²) in [6.45, 7) is 0. The Kier molecular flexibility index (Phi) is 4.36. The molecule has 1 aliphatic carbocycles. The molecule has 0 unspecified atom stereocenters. The first-order valence-electron chi connectivity index (χ1n) is 12.0. The largest absolute Gasteiger partial charge is 0.469 e. The molecule has 0 radical (unpaired) electrons. The molecule has 34 heavy (non-hydrogen) atoms. The van der Waals surface area contributed by atoms with Gasteiger partial charge in [0.25, 0.3) is 0 Å². The Morgan fingerprint density at radius 1 is 0.559 bits per heavy atom. The van der Waals surface area contributed by atoms with Crippen molar-refractivity contribution in [1.82, 2.24) is 5.32 Å². The summed E-state index contributed by atoms with van der Waals surface area (Å²) in [7, 11) is 0. The van der Waals surface area contributed by atoms with Crippen molar-refractivity contribution in [3.8, 4) is 11.1 Å². The van der Waals surface area contributed by atoms with Crippen molar-refractivity contribution in [1.29, 1.82) is 0 Å². The van der Waals surface area contributed by atoms with Gasteiger partial charge in [0.05, 0.1) is 17.6 Å². The lowest BCUT2D eigenvalue weighted by atomic mass is 9.62. The predicted molar refractivity (Wildman–Crippen MR) is 136 cm³/mol. The van der Waals surface area contributed by atoms with E-state index in [4.69, 9.17) is 4.42 Å². The molecule has 5 aromatic rings. The van der Waals surface area contributed by atoms with E-state index >= 15 is 0 Å². The number of rotatable bonds is 3. The summed E-state index contributed by atoms with van der Waals surface area (Å²) < 4.78 is 6.23. The fourth-order valence-electron chi connectivity index (χ4n) is 6.61. The van der Waals surface area contributed by atoms with Gasteiger partial charge >= 0.3 is 0 Å². The van der Waals surface area contributed by atoms with Crippen LogP contribution in [0.3, 0.4) is 0 Å². The van der Waals surface area contributed by atoms with Gasteiger partial charge < -0.3 is 9.73 Å². The lowest BCUT2D eigenvalue weighted by Crippen LogP contribution is -2.36. The lowest BCUT2D eigenvalue weighted by Gasteiger charge is -2.38. The molecule has 0 bridgehead atoms. The third-order valence-electron chi connectivity index (χ3n) is 7.80. The van der Waals surface area contributed by atoms with Gasteiger partial charge in [0.15, 0.2) is 0 Å². The molecule has 2 aliphatic rings. The van der Waals surface area contributed by atoms with Crippen molar-refractivity contribution in [2.75, 3.05) is 0 Å². The van der Waals surface area contributed by atoms with Crippen LogP contribution in [0.4, 0.5) is 0 Å². The summed E-state index contributed by atoms with van der Waals surface area (Å²) in [6, 6.07) is 44.0. The van der Waals surface area contributed by atoms with Gasteiger partial charge in [-0.15, -0.1) is 0 Å². The Hall–Kier alpha value is -3.88. The van der Waals surface area contributed by atoms with Gasteiger partial charge in [-0.3, -0.25) is 0 Å². The Morgan fingerprint density at radius 2 is 1.12 bits per heavy atom. The van der Waals surface area contributed by atoms with Crippen LogP contribution >= 0.6 is 0 Å². The van der Waals surface area contributed by atoms with Crippen molar-refractivity contribution in [3.63, 3.8) is 0 Å². The van der Waals surface area contributed by atoms with Crippen LogP contribution in [0, 0.1) is 0 Å². The highest BCUT2D eigenvalue weighted by Crippen LogP contribution is 2.67. The van der Waals surface area contributed by atoms with Crippen LogP contribution in [-0.4, -0.2) is 0 Å². The Balaban J connectivity index is 1.60. The summed E-state index contributed by atoms with van der Waals surface area (Å²) in [4.78, 5) is 0. The van der Waals surface area contributed by atoms with E-state index in [1.165, 1.54) is 33.4 Å². The Bertz CT molecular complexity index is 1390. The molecule has 0 amide bonds. The van der Waals surface area contributed by atoms with E-state index in [9.17, 15) is 0 Å². The van der Waals surface area contributed by atoms with E-state index in [1.54, 1.807) is 0 Å². The van der Waals surface area contributed by atoms with Crippen molar-refractivity contribution in [3.05, 3.63) is 156 Å². The highest BCUT2D eigenvalue weighted by Gasteiger charge is 2.62. The van der Waals surface area contributed by atoms with Crippen molar-refractivity contribution >= 4 is 0 Å². The minimum atomic E-state index is -0.313. The Morgan fingerprint density at radius 3 is 1.71 bits per heavy atom. The van der Waals surface area contributed by atoms with E-state index < -0.39 is 0 Å². The van der Waals surface area contributed by atoms with Gasteiger partial charge in [0.2, 0.25) is 0 Å². The van der Waals surface area contributed by atoms with Gasteiger partial charge in [-0.05, 0) is 45.5 Å². The van der Waals surface area contributed by atoms with Gasteiger partial charge in [-0.25, -0.2) is 0 Å². The molecular formula is C32H25NO. The average Bonchev–Trinajstić information content (AvgIpc) is 3.62. The zero-order valence-corrected chi connectivity index (χ0v) is 18.8. The van der Waals surface area contributed by atoms with Crippen molar-refractivity contribution in [2.45, 2.75) is 23.4 Å². The van der Waals surface area contributed by atoms with E-state index in [0.29, 0.717) is 0 Å². The van der Waals surface area contributed by atoms with Gasteiger partial charge in [0, 0.05) is 12.1 Å². The second kappa shape index (κ2) is 7.58. The molecule has 2 heterocycles. The maximum Gasteiger partial charge on any atom is 0.110 e. The van der Waals surface area contributed by atoms with E-state index in [2.05, 4.69) is 121 Å². The van der Waals surface area contributed by atoms with E-state index in [-0.39, 0.29) is 23.4 Å². The molecule has 4 aromatic carbocycles. The highest BCUT2D eigenvalue weighted by molar-refractivity contribution is 5.83. The molecule has 1 aliphatic heterocycles. The maximum atomic E-state index is 6.23. The smallest absolute Gasteiger partial charge is 0.110 e. The zero-order valence-electron chi connectivity index (χ0n) is 18.8. The maximum absolute atomic E-state index is 6.23. The number of hydrogen-bond donors (Lipinski definition) is 1. The molecular weight excluding hydrogens is 414 g/mol. The molecule has 1 fully saturated rings. The minimum absolute atomic E-state index is 0.0822. The number of fused-ring (bicyclic) bond motifs is 5. The van der Waals surface area contributed by atoms with Crippen LogP contribution in [0.5, 0.6) is 0 Å². The summed E-state index contributed by atoms with van der Waals surface area (Å²) in [5, 5.41) is 4.12. The second-order valence-electron chi connectivity index (χ2n) is 9.35. The SMILES string of the molecule is c1ccc([C@H]2N[C@@H](c3ccccc3)C3(c4ccccc4-c4ccccc43)[C@@H]2c2ccco2)cc1. The highest BCUT2D eigenvalue weighted by atomic mass is 16.3. The standard InChI is InChI=1S/C32H25NO/c1-3-12-22(13-4-1)30-29(28-20-11-21-34-28)32(31(33-30)23-14-5-2-6-15-23)26-18-9-7-16-24(26)25-17-8-10-19-27(25)32/h1-21,29-31,33H/t29-,30-,31+/m1/s1. The van der Waals surface area contributed by atoms with Gasteiger partial charge in [0.1, 0.15) is 5.76 Å². The summed E-state index contributed by atoms with van der Waals surface area (Å²) >= 11 is 0. The molecule has 2 nitrogen and oxygen atoms in total. The average molecular weight is 440 g/mol. The monoisotopic (exact) mass is 439 g/mol. The molecule has 0 saturated carbocycles. The zero-order chi connectivity index (χ0) is 22.5. The number of nitrogens with one attached hydrogen (secondary N) is 1. The number of benzene rings is 4. The first kappa shape index (κ1) is 19.6. The van der Waals surface area contributed by atoms with Crippen LogP contribution in [-0.2, 0) is 5.41 Å².